The van der Waals surface area contributed by atoms with Gasteiger partial charge in [-0.05, 0) is 50.1 Å². The lowest BCUT2D eigenvalue weighted by atomic mass is 10.0. The van der Waals surface area contributed by atoms with Gasteiger partial charge in [0.05, 0.1) is 11.3 Å². The highest BCUT2D eigenvalue weighted by molar-refractivity contribution is 5.94. The summed E-state index contributed by atoms with van der Waals surface area (Å²) in [5.74, 6) is 1.19. The van der Waals surface area contributed by atoms with Crippen LogP contribution in [-0.4, -0.2) is 35.8 Å². The second-order valence-electron chi connectivity index (χ2n) is 7.64. The zero-order chi connectivity index (χ0) is 22.0. The molecule has 0 aromatic carbocycles. The van der Waals surface area contributed by atoms with Crippen LogP contribution in [0.3, 0.4) is 0 Å². The van der Waals surface area contributed by atoms with Crippen molar-refractivity contribution < 1.29 is 9.32 Å². The Morgan fingerprint density at radius 3 is 2.61 bits per heavy atom. The summed E-state index contributed by atoms with van der Waals surface area (Å²) in [6, 6.07) is 8.67. The van der Waals surface area contributed by atoms with Crippen molar-refractivity contribution in [3.8, 4) is 17.2 Å². The van der Waals surface area contributed by atoms with Gasteiger partial charge >= 0.3 is 0 Å². The first-order valence-electron chi connectivity index (χ1n) is 9.97. The highest BCUT2D eigenvalue weighted by Gasteiger charge is 2.25. The van der Waals surface area contributed by atoms with Crippen molar-refractivity contribution >= 4 is 5.91 Å². The lowest BCUT2D eigenvalue weighted by molar-refractivity contribution is 0.0913. The number of pyridine rings is 2. The van der Waals surface area contributed by atoms with E-state index in [2.05, 4.69) is 30.5 Å². The monoisotopic (exact) mass is 417 g/mol. The van der Waals surface area contributed by atoms with Crippen molar-refractivity contribution in [2.75, 3.05) is 0 Å². The van der Waals surface area contributed by atoms with Crippen molar-refractivity contribution in [3.05, 3.63) is 71.8 Å². The van der Waals surface area contributed by atoms with Gasteiger partial charge in [0.15, 0.2) is 5.82 Å². The molecule has 4 aromatic rings. The first-order valence-corrected chi connectivity index (χ1v) is 9.97. The molecular formula is C22H23N7O2. The van der Waals surface area contributed by atoms with E-state index in [-0.39, 0.29) is 11.8 Å². The molecule has 0 bridgehead atoms. The predicted octanol–water partition coefficient (Wildman–Crippen LogP) is 3.46. The van der Waals surface area contributed by atoms with Crippen LogP contribution in [0, 0.1) is 19.8 Å². The highest BCUT2D eigenvalue weighted by atomic mass is 16.5. The summed E-state index contributed by atoms with van der Waals surface area (Å²) >= 11 is 0. The number of aryl methyl sites for hydroxylation is 2. The normalized spacial score (nSPS) is 12.2. The fraction of sp³-hybridized carbons (Fsp3) is 0.273. The number of nitrogens with zero attached hydrogens (tertiary/aromatic N) is 6. The van der Waals surface area contributed by atoms with Gasteiger partial charge in [-0.1, -0.05) is 19.0 Å². The summed E-state index contributed by atoms with van der Waals surface area (Å²) in [5.41, 5.74) is 3.06. The van der Waals surface area contributed by atoms with E-state index in [4.69, 9.17) is 4.52 Å². The minimum atomic E-state index is -0.443. The Hall–Kier alpha value is -3.88. The van der Waals surface area contributed by atoms with Crippen LogP contribution < -0.4 is 5.32 Å². The molecule has 31 heavy (non-hydrogen) atoms. The van der Waals surface area contributed by atoms with Crippen molar-refractivity contribution in [3.63, 3.8) is 0 Å². The summed E-state index contributed by atoms with van der Waals surface area (Å²) in [4.78, 5) is 25.8. The Bertz CT molecular complexity index is 1180. The summed E-state index contributed by atoms with van der Waals surface area (Å²) in [7, 11) is 0. The Kier molecular flexibility index (Phi) is 5.57. The highest BCUT2D eigenvalue weighted by Crippen LogP contribution is 2.23. The van der Waals surface area contributed by atoms with Crippen LogP contribution >= 0.6 is 0 Å². The quantitative estimate of drug-likeness (QED) is 0.511. The summed E-state index contributed by atoms with van der Waals surface area (Å²) in [5, 5.41) is 11.4. The molecule has 4 rings (SSSR count). The number of amides is 1. The molecule has 0 fully saturated rings. The molecule has 1 N–H and O–H groups in total. The standard InChI is InChI=1S/C22H23N7O2/c1-13(2)19(22-26-20(28-31-22)16-6-5-9-23-11-16)25-21(30)17-7-8-18(24-12-17)29-15(4)10-14(3)27-29/h5-13,19H,1-4H3,(H,25,30). The Labute approximate surface area is 179 Å². The molecule has 1 unspecified atom stereocenters. The van der Waals surface area contributed by atoms with E-state index in [1.54, 1.807) is 35.3 Å². The predicted molar refractivity (Wildman–Crippen MR) is 113 cm³/mol. The van der Waals surface area contributed by atoms with E-state index in [1.807, 2.05) is 39.8 Å². The molecule has 0 aliphatic carbocycles. The number of carbonyl (C=O) groups is 1. The Balaban J connectivity index is 1.52. The smallest absolute Gasteiger partial charge is 0.253 e. The van der Waals surface area contributed by atoms with E-state index in [0.29, 0.717) is 23.1 Å². The first kappa shape index (κ1) is 20.4. The number of nitrogens with one attached hydrogen (secondary N) is 1. The average molecular weight is 417 g/mol. The number of rotatable bonds is 6. The maximum atomic E-state index is 12.9. The van der Waals surface area contributed by atoms with Crippen molar-refractivity contribution in [1.82, 2.24) is 35.2 Å². The van der Waals surface area contributed by atoms with E-state index in [1.165, 1.54) is 6.20 Å². The van der Waals surface area contributed by atoms with Gasteiger partial charge in [0.25, 0.3) is 5.91 Å². The molecule has 0 aliphatic heterocycles. The molecule has 1 amide bonds. The molecule has 0 spiro atoms. The molecule has 9 heteroatoms. The third-order valence-electron chi connectivity index (χ3n) is 4.82. The Morgan fingerprint density at radius 1 is 1.16 bits per heavy atom. The maximum absolute atomic E-state index is 12.9. The molecule has 1 atom stereocenters. The van der Waals surface area contributed by atoms with Crippen LogP contribution in [-0.2, 0) is 0 Å². The van der Waals surface area contributed by atoms with Gasteiger partial charge in [0.1, 0.15) is 6.04 Å². The minimum absolute atomic E-state index is 0.0353. The fourth-order valence-corrected chi connectivity index (χ4v) is 3.22. The zero-order valence-electron chi connectivity index (χ0n) is 17.8. The van der Waals surface area contributed by atoms with Gasteiger partial charge in [-0.3, -0.25) is 9.78 Å². The van der Waals surface area contributed by atoms with Crippen LogP contribution in [0.5, 0.6) is 0 Å². The fourth-order valence-electron chi connectivity index (χ4n) is 3.22. The van der Waals surface area contributed by atoms with Gasteiger partial charge in [0.2, 0.25) is 11.7 Å². The van der Waals surface area contributed by atoms with E-state index in [0.717, 1.165) is 17.0 Å². The summed E-state index contributed by atoms with van der Waals surface area (Å²) < 4.78 is 7.18. The maximum Gasteiger partial charge on any atom is 0.253 e. The number of hydrogen-bond donors (Lipinski definition) is 1. The SMILES string of the molecule is Cc1cc(C)n(-c2ccc(C(=O)NC(c3nc(-c4cccnc4)no3)C(C)C)cn2)n1. The third kappa shape index (κ3) is 4.35. The summed E-state index contributed by atoms with van der Waals surface area (Å²) in [6.45, 7) is 7.83. The van der Waals surface area contributed by atoms with E-state index >= 15 is 0 Å². The molecule has 0 saturated heterocycles. The van der Waals surface area contributed by atoms with Crippen LogP contribution in [0.15, 0.2) is 53.4 Å². The van der Waals surface area contributed by atoms with E-state index < -0.39 is 6.04 Å². The first-order chi connectivity index (χ1) is 14.9. The van der Waals surface area contributed by atoms with Crippen molar-refractivity contribution in [2.45, 2.75) is 33.7 Å². The molecule has 4 aromatic heterocycles. The largest absolute Gasteiger partial charge is 0.340 e. The molecule has 4 heterocycles. The minimum Gasteiger partial charge on any atom is -0.340 e. The van der Waals surface area contributed by atoms with Gasteiger partial charge in [0, 0.05) is 29.8 Å². The van der Waals surface area contributed by atoms with Gasteiger partial charge in [-0.25, -0.2) is 9.67 Å². The number of carbonyl (C=O) groups excluding carboxylic acids is 1. The Morgan fingerprint density at radius 2 is 2.00 bits per heavy atom. The van der Waals surface area contributed by atoms with Gasteiger partial charge in [-0.15, -0.1) is 0 Å². The molecular weight excluding hydrogens is 394 g/mol. The molecule has 0 saturated carbocycles. The average Bonchev–Trinajstić information content (AvgIpc) is 3.38. The molecule has 0 aliphatic rings. The van der Waals surface area contributed by atoms with E-state index in [9.17, 15) is 4.79 Å². The van der Waals surface area contributed by atoms with Crippen LogP contribution in [0.4, 0.5) is 0 Å². The lowest BCUT2D eigenvalue weighted by Crippen LogP contribution is -2.32. The number of aromatic nitrogens is 6. The van der Waals surface area contributed by atoms with Crippen molar-refractivity contribution in [1.29, 1.82) is 0 Å². The van der Waals surface area contributed by atoms with Gasteiger partial charge in [-0.2, -0.15) is 10.1 Å². The molecule has 9 nitrogen and oxygen atoms in total. The molecule has 0 radical (unpaired) electrons. The lowest BCUT2D eigenvalue weighted by Gasteiger charge is -2.18. The second kappa shape index (κ2) is 8.47. The van der Waals surface area contributed by atoms with Crippen LogP contribution in [0.1, 0.15) is 47.5 Å². The van der Waals surface area contributed by atoms with Crippen LogP contribution in [0.2, 0.25) is 0 Å². The second-order valence-corrected chi connectivity index (χ2v) is 7.64. The number of hydrogen-bond acceptors (Lipinski definition) is 7. The topological polar surface area (TPSA) is 112 Å². The van der Waals surface area contributed by atoms with Crippen LogP contribution in [0.25, 0.3) is 17.2 Å². The molecule has 158 valence electrons. The summed E-state index contributed by atoms with van der Waals surface area (Å²) in [6.07, 6.45) is 4.87. The van der Waals surface area contributed by atoms with Gasteiger partial charge < -0.3 is 9.84 Å². The van der Waals surface area contributed by atoms with Crippen molar-refractivity contribution in [2.24, 2.45) is 5.92 Å². The third-order valence-corrected chi connectivity index (χ3v) is 4.82. The zero-order valence-corrected chi connectivity index (χ0v) is 17.8.